The Balaban J connectivity index is 2.94. The van der Waals surface area contributed by atoms with Crippen LogP contribution < -0.4 is 0 Å². The van der Waals surface area contributed by atoms with Crippen molar-refractivity contribution in [1.29, 1.82) is 0 Å². The fourth-order valence-electron chi connectivity index (χ4n) is 1.32. The van der Waals surface area contributed by atoms with E-state index in [4.69, 9.17) is 13.3 Å². The number of hydrogen-bond acceptors (Lipinski definition) is 1. The molecule has 0 radical (unpaired) electrons. The van der Waals surface area contributed by atoms with E-state index in [1.54, 1.807) is 31.2 Å². The largest absolute Gasteiger partial charge is 0.481 e. The van der Waals surface area contributed by atoms with E-state index in [-0.39, 0.29) is 6.42 Å². The molecule has 0 aliphatic rings. The normalized spacial score (nSPS) is 20.4. The summed E-state index contributed by atoms with van der Waals surface area (Å²) < 4.78 is 44.1. The van der Waals surface area contributed by atoms with Crippen molar-refractivity contribution in [2.45, 2.75) is 33.0 Å². The van der Waals surface area contributed by atoms with E-state index in [1.165, 1.54) is 0 Å². The molecule has 2 nitrogen and oxygen atoms in total. The van der Waals surface area contributed by atoms with Gasteiger partial charge in [0.25, 0.3) is 0 Å². The molecule has 0 saturated heterocycles. The summed E-state index contributed by atoms with van der Waals surface area (Å²) in [6.07, 6.45) is -0.102. The third kappa shape index (κ3) is 3.39. The van der Waals surface area contributed by atoms with Gasteiger partial charge in [-0.1, -0.05) is 38.0 Å². The molecule has 0 aliphatic heterocycles. The summed E-state index contributed by atoms with van der Waals surface area (Å²) in [5.41, 5.74) is 1.15. The smallest absolute Gasteiger partial charge is 0.310 e. The molecular formula is C13H18O2. The highest BCUT2D eigenvalue weighted by Gasteiger charge is 2.12. The molecule has 0 amide bonds. The highest BCUT2D eigenvalue weighted by molar-refractivity contribution is 5.75. The van der Waals surface area contributed by atoms with Crippen LogP contribution in [0.2, 0.25) is 0 Å². The summed E-state index contributed by atoms with van der Waals surface area (Å²) in [6.45, 7) is -3.60. The Kier molecular flexibility index (Phi) is 1.88. The van der Waals surface area contributed by atoms with Crippen molar-refractivity contribution in [3.63, 3.8) is 0 Å². The SMILES string of the molecule is [2H]C([2H])([2H])C(Cc1ccc([C@H](C)C(=O)O)cc1)C([2H])([2H])[2H]. The van der Waals surface area contributed by atoms with E-state index in [2.05, 4.69) is 0 Å². The Morgan fingerprint density at radius 1 is 1.40 bits per heavy atom. The number of carbonyl (C=O) groups is 1. The highest BCUT2D eigenvalue weighted by Crippen LogP contribution is 2.17. The maximum Gasteiger partial charge on any atom is 0.310 e. The summed E-state index contributed by atoms with van der Waals surface area (Å²) in [5, 5.41) is 8.91. The minimum atomic E-state index is -2.57. The predicted molar refractivity (Wildman–Crippen MR) is 61.0 cm³/mol. The van der Waals surface area contributed by atoms with Crippen molar-refractivity contribution in [2.75, 3.05) is 0 Å². The second kappa shape index (κ2) is 4.96. The van der Waals surface area contributed by atoms with Gasteiger partial charge in [-0.15, -0.1) is 0 Å². The van der Waals surface area contributed by atoms with Gasteiger partial charge in [0.15, 0.2) is 0 Å². The van der Waals surface area contributed by atoms with Crippen molar-refractivity contribution < 1.29 is 18.1 Å². The average molecular weight is 212 g/mol. The van der Waals surface area contributed by atoms with Crippen LogP contribution in [-0.4, -0.2) is 11.1 Å². The van der Waals surface area contributed by atoms with Crippen LogP contribution in [0.3, 0.4) is 0 Å². The van der Waals surface area contributed by atoms with Gasteiger partial charge in [0.2, 0.25) is 0 Å². The number of carboxylic acids is 1. The molecule has 0 fully saturated rings. The Morgan fingerprint density at radius 2 is 2.00 bits per heavy atom. The molecule has 0 aromatic heterocycles. The number of carboxylic acid groups (broad SMARTS) is 1. The van der Waals surface area contributed by atoms with Gasteiger partial charge in [-0.3, -0.25) is 4.79 Å². The van der Waals surface area contributed by atoms with E-state index in [9.17, 15) is 4.79 Å². The zero-order valence-corrected chi connectivity index (χ0v) is 8.53. The summed E-state index contributed by atoms with van der Waals surface area (Å²) in [7, 11) is 0. The zero-order chi connectivity index (χ0) is 16.4. The second-order valence-corrected chi connectivity index (χ2v) is 3.56. The lowest BCUT2D eigenvalue weighted by atomic mass is 9.97. The van der Waals surface area contributed by atoms with Gasteiger partial charge < -0.3 is 5.11 Å². The first-order valence-corrected chi connectivity index (χ1v) is 4.74. The maximum absolute atomic E-state index is 10.9. The van der Waals surface area contributed by atoms with E-state index < -0.39 is 31.5 Å². The minimum Gasteiger partial charge on any atom is -0.481 e. The van der Waals surface area contributed by atoms with Gasteiger partial charge in [-0.25, -0.2) is 0 Å². The van der Waals surface area contributed by atoms with Crippen LogP contribution in [0.1, 0.15) is 45.9 Å². The standard InChI is InChI=1S/C13H18O2/c1-9(2)8-11-4-6-12(7-5-11)10(3)13(14)15/h4-7,9-10H,8H2,1-3H3,(H,14,15)/t10-/m0/s1/i1D3,2D3. The van der Waals surface area contributed by atoms with Crippen LogP contribution in [0.4, 0.5) is 0 Å². The summed E-state index contributed by atoms with van der Waals surface area (Å²) in [5.74, 6) is -3.06. The van der Waals surface area contributed by atoms with Gasteiger partial charge in [0.1, 0.15) is 0 Å². The molecule has 0 aliphatic carbocycles. The zero-order valence-electron chi connectivity index (χ0n) is 14.5. The number of rotatable bonds is 4. The van der Waals surface area contributed by atoms with Gasteiger partial charge in [0.05, 0.1) is 5.92 Å². The Labute approximate surface area is 99.4 Å². The van der Waals surface area contributed by atoms with Gasteiger partial charge in [0, 0.05) is 8.22 Å². The monoisotopic (exact) mass is 212 g/mol. The molecule has 0 saturated carbocycles. The number of hydrogen-bond donors (Lipinski definition) is 1. The topological polar surface area (TPSA) is 37.3 Å². The fraction of sp³-hybridized carbons (Fsp3) is 0.462. The average Bonchev–Trinajstić information content (AvgIpc) is 2.33. The molecule has 1 N–H and O–H groups in total. The molecule has 0 bridgehead atoms. The molecule has 0 spiro atoms. The summed E-state index contributed by atoms with van der Waals surface area (Å²) in [4.78, 5) is 10.9. The third-order valence-corrected chi connectivity index (χ3v) is 2.29. The van der Waals surface area contributed by atoms with E-state index in [0.717, 1.165) is 0 Å². The quantitative estimate of drug-likeness (QED) is 0.832. The first kappa shape index (κ1) is 5.69. The van der Waals surface area contributed by atoms with Gasteiger partial charge in [-0.2, -0.15) is 0 Å². The van der Waals surface area contributed by atoms with Gasteiger partial charge in [-0.05, 0) is 30.4 Å². The Morgan fingerprint density at radius 3 is 2.47 bits per heavy atom. The minimum absolute atomic E-state index is 0.102. The number of benzene rings is 1. The summed E-state index contributed by atoms with van der Waals surface area (Å²) in [6, 6.07) is 6.34. The van der Waals surface area contributed by atoms with Gasteiger partial charge >= 0.3 is 5.97 Å². The molecule has 0 heterocycles. The predicted octanol–water partition coefficient (Wildman–Crippen LogP) is 3.07. The van der Waals surface area contributed by atoms with Crippen LogP contribution in [0.25, 0.3) is 0 Å². The van der Waals surface area contributed by atoms with E-state index in [1.807, 2.05) is 0 Å². The molecule has 1 aromatic carbocycles. The van der Waals surface area contributed by atoms with Crippen molar-refractivity contribution in [3.8, 4) is 0 Å². The molecular weight excluding hydrogens is 188 g/mol. The lowest BCUT2D eigenvalue weighted by Gasteiger charge is -2.09. The maximum atomic E-state index is 10.9. The van der Waals surface area contributed by atoms with Crippen molar-refractivity contribution >= 4 is 5.97 Å². The number of aliphatic carboxylic acids is 1. The summed E-state index contributed by atoms with van der Waals surface area (Å²) >= 11 is 0. The molecule has 1 atom stereocenters. The Hall–Kier alpha value is -1.31. The van der Waals surface area contributed by atoms with Crippen molar-refractivity contribution in [1.82, 2.24) is 0 Å². The molecule has 0 unspecified atom stereocenters. The fourth-order valence-corrected chi connectivity index (χ4v) is 1.32. The van der Waals surface area contributed by atoms with Crippen LogP contribution in [0.15, 0.2) is 24.3 Å². The van der Waals surface area contributed by atoms with E-state index >= 15 is 0 Å². The van der Waals surface area contributed by atoms with Crippen LogP contribution >= 0.6 is 0 Å². The first-order valence-electron chi connectivity index (χ1n) is 7.74. The highest BCUT2D eigenvalue weighted by atomic mass is 16.4. The lowest BCUT2D eigenvalue weighted by Crippen LogP contribution is -2.07. The first-order chi connectivity index (χ1) is 9.43. The second-order valence-electron chi connectivity index (χ2n) is 3.56. The molecule has 82 valence electrons. The lowest BCUT2D eigenvalue weighted by molar-refractivity contribution is -0.138. The third-order valence-electron chi connectivity index (χ3n) is 2.29. The molecule has 2 heteroatoms. The van der Waals surface area contributed by atoms with Crippen LogP contribution in [0, 0.1) is 5.92 Å². The van der Waals surface area contributed by atoms with E-state index in [0.29, 0.717) is 11.1 Å². The van der Waals surface area contributed by atoms with Crippen molar-refractivity contribution in [2.24, 2.45) is 5.92 Å². The van der Waals surface area contributed by atoms with Crippen LogP contribution in [0.5, 0.6) is 0 Å². The Bertz CT molecular complexity index is 475. The van der Waals surface area contributed by atoms with Crippen molar-refractivity contribution in [3.05, 3.63) is 35.4 Å². The van der Waals surface area contributed by atoms with Crippen LogP contribution in [-0.2, 0) is 11.2 Å². The molecule has 15 heavy (non-hydrogen) atoms. The molecule has 1 aromatic rings. The molecule has 1 rings (SSSR count).